The minimum Gasteiger partial charge on any atom is -0.508 e. The van der Waals surface area contributed by atoms with Crippen molar-refractivity contribution in [2.45, 2.75) is 39.3 Å². The molecule has 0 bridgehead atoms. The summed E-state index contributed by atoms with van der Waals surface area (Å²) >= 11 is 3.16. The van der Waals surface area contributed by atoms with E-state index in [9.17, 15) is 15.0 Å². The van der Waals surface area contributed by atoms with Crippen molar-refractivity contribution in [3.63, 3.8) is 0 Å². The van der Waals surface area contributed by atoms with Crippen LogP contribution in [0.25, 0.3) is 21.9 Å². The largest absolute Gasteiger partial charge is 0.508 e. The van der Waals surface area contributed by atoms with Crippen LogP contribution in [0.5, 0.6) is 11.5 Å². The van der Waals surface area contributed by atoms with E-state index in [4.69, 9.17) is 10.7 Å². The van der Waals surface area contributed by atoms with Gasteiger partial charge in [0.05, 0.1) is 22.9 Å². The molecule has 2 aromatic heterocycles. The lowest BCUT2D eigenvalue weighted by molar-refractivity contribution is -0.118. The number of aromatic nitrogens is 3. The summed E-state index contributed by atoms with van der Waals surface area (Å²) in [6, 6.07) is 10.3. The molecular weight excluding hydrogens is 486 g/mol. The highest BCUT2D eigenvalue weighted by molar-refractivity contribution is 9.09. The zero-order valence-electron chi connectivity index (χ0n) is 18.3. The average molecular weight is 512 g/mol. The van der Waals surface area contributed by atoms with Gasteiger partial charge in [0.1, 0.15) is 22.8 Å². The number of nitrogens with two attached hydrogens (primary N) is 1. The lowest BCUT2D eigenvalue weighted by atomic mass is 10.1. The number of alkyl halides is 1. The number of fused-ring (bicyclic) bond motifs is 3. The Hall–Kier alpha value is -3.33. The highest BCUT2D eigenvalue weighted by Crippen LogP contribution is 2.32. The summed E-state index contributed by atoms with van der Waals surface area (Å²) in [5.74, 6) is 1.27. The van der Waals surface area contributed by atoms with Gasteiger partial charge in [0, 0.05) is 23.9 Å². The molecule has 0 atom stereocenters. The van der Waals surface area contributed by atoms with Crippen LogP contribution in [-0.4, -0.2) is 36.0 Å². The third-order valence-corrected chi connectivity index (χ3v) is 6.11. The number of benzene rings is 2. The second kappa shape index (κ2) is 9.66. The van der Waals surface area contributed by atoms with E-state index >= 15 is 0 Å². The first-order chi connectivity index (χ1) is 15.9. The van der Waals surface area contributed by atoms with E-state index in [1.165, 1.54) is 12.1 Å². The zero-order valence-corrected chi connectivity index (χ0v) is 19.9. The SMILES string of the molecule is CCCCc1nc2c(N)nc3ccc(CNC(=O)CBr)cc3c2n1Cc1cc(O)ccc1O. The Labute approximate surface area is 199 Å². The van der Waals surface area contributed by atoms with Crippen LogP contribution in [0, 0.1) is 0 Å². The molecule has 0 spiro atoms. The lowest BCUT2D eigenvalue weighted by Crippen LogP contribution is -2.23. The summed E-state index contributed by atoms with van der Waals surface area (Å²) in [5, 5.41) is 24.3. The maximum atomic E-state index is 11.7. The molecule has 4 rings (SSSR count). The maximum absolute atomic E-state index is 11.7. The number of unbranched alkanes of at least 4 members (excludes halogenated alkanes) is 1. The van der Waals surface area contributed by atoms with E-state index in [-0.39, 0.29) is 22.7 Å². The van der Waals surface area contributed by atoms with Crippen LogP contribution in [0.15, 0.2) is 36.4 Å². The van der Waals surface area contributed by atoms with Gasteiger partial charge in [0.15, 0.2) is 5.82 Å². The topological polar surface area (TPSA) is 126 Å². The number of phenols is 2. The Morgan fingerprint density at radius 2 is 2.00 bits per heavy atom. The number of imidazole rings is 1. The fourth-order valence-electron chi connectivity index (χ4n) is 3.93. The number of nitrogens with zero attached hydrogens (tertiary/aromatic N) is 3. The van der Waals surface area contributed by atoms with Crippen LogP contribution >= 0.6 is 15.9 Å². The molecule has 2 aromatic carbocycles. The summed E-state index contributed by atoms with van der Waals surface area (Å²) in [6.07, 6.45) is 2.70. The molecule has 0 saturated carbocycles. The van der Waals surface area contributed by atoms with Gasteiger partial charge in [-0.25, -0.2) is 9.97 Å². The molecule has 9 heteroatoms. The minimum absolute atomic E-state index is 0.0817. The number of phenolic OH excluding ortho intramolecular Hbond substituents is 2. The number of hydrogen-bond donors (Lipinski definition) is 4. The van der Waals surface area contributed by atoms with E-state index in [0.717, 1.165) is 47.1 Å². The third kappa shape index (κ3) is 4.73. The number of aromatic hydroxyl groups is 2. The van der Waals surface area contributed by atoms with Crippen molar-refractivity contribution in [2.75, 3.05) is 11.1 Å². The number of aryl methyl sites for hydroxylation is 1. The molecule has 172 valence electrons. The molecule has 2 heterocycles. The standard InChI is InChI=1S/C24H26BrN5O3/c1-2-3-4-20-29-22-23(30(20)13-15-10-16(31)6-8-19(15)32)17-9-14(12-27-21(33)11-25)5-7-18(17)28-24(22)26/h5-10,31-32H,2-4,11-13H2,1H3,(H2,26,28)(H,27,33). The van der Waals surface area contributed by atoms with Gasteiger partial charge in [-0.05, 0) is 42.3 Å². The molecule has 0 aliphatic carbocycles. The number of carbonyl (C=O) groups excluding carboxylic acids is 1. The van der Waals surface area contributed by atoms with Crippen LogP contribution in [0.2, 0.25) is 0 Å². The van der Waals surface area contributed by atoms with Crippen molar-refractivity contribution in [1.82, 2.24) is 19.9 Å². The Bertz CT molecular complexity index is 1340. The molecule has 0 fully saturated rings. The maximum Gasteiger partial charge on any atom is 0.230 e. The number of pyridine rings is 1. The number of nitrogens with one attached hydrogen (secondary N) is 1. The fraction of sp³-hybridized carbons (Fsp3) is 0.292. The Morgan fingerprint density at radius 3 is 2.76 bits per heavy atom. The first-order valence-corrected chi connectivity index (χ1v) is 11.9. The number of nitrogen functional groups attached to an aromatic ring is 1. The lowest BCUT2D eigenvalue weighted by Gasteiger charge is -2.13. The first-order valence-electron chi connectivity index (χ1n) is 10.8. The third-order valence-electron chi connectivity index (χ3n) is 5.60. The van der Waals surface area contributed by atoms with Crippen LogP contribution < -0.4 is 11.1 Å². The first kappa shape index (κ1) is 22.8. The number of halogens is 1. The number of rotatable bonds is 8. The Balaban J connectivity index is 1.91. The second-order valence-corrected chi connectivity index (χ2v) is 8.55. The van der Waals surface area contributed by atoms with E-state index in [1.807, 2.05) is 22.8 Å². The van der Waals surface area contributed by atoms with E-state index in [1.54, 1.807) is 6.07 Å². The van der Waals surface area contributed by atoms with Crippen molar-refractivity contribution in [3.05, 3.63) is 53.3 Å². The molecule has 8 nitrogen and oxygen atoms in total. The molecular formula is C24H26BrN5O3. The van der Waals surface area contributed by atoms with Crippen molar-refractivity contribution in [3.8, 4) is 11.5 Å². The number of carbonyl (C=O) groups is 1. The highest BCUT2D eigenvalue weighted by Gasteiger charge is 2.19. The average Bonchev–Trinajstić information content (AvgIpc) is 3.17. The van der Waals surface area contributed by atoms with E-state index < -0.39 is 0 Å². The molecule has 33 heavy (non-hydrogen) atoms. The molecule has 1 amide bonds. The quantitative estimate of drug-likeness (QED) is 0.209. The van der Waals surface area contributed by atoms with Crippen LogP contribution in [0.3, 0.4) is 0 Å². The Morgan fingerprint density at radius 1 is 1.18 bits per heavy atom. The predicted octanol–water partition coefficient (Wildman–Crippen LogP) is 3.98. The fourth-order valence-corrected chi connectivity index (χ4v) is 4.12. The molecule has 5 N–H and O–H groups in total. The van der Waals surface area contributed by atoms with Gasteiger partial charge in [-0.2, -0.15) is 0 Å². The second-order valence-electron chi connectivity index (χ2n) is 7.99. The van der Waals surface area contributed by atoms with Crippen LogP contribution in [0.1, 0.15) is 36.7 Å². The summed E-state index contributed by atoms with van der Waals surface area (Å²) in [6.45, 7) is 2.82. The summed E-state index contributed by atoms with van der Waals surface area (Å²) in [5.41, 5.74) is 9.95. The van der Waals surface area contributed by atoms with E-state index in [2.05, 4.69) is 33.2 Å². The summed E-state index contributed by atoms with van der Waals surface area (Å²) in [4.78, 5) is 21.0. The van der Waals surface area contributed by atoms with Crippen molar-refractivity contribution in [1.29, 1.82) is 0 Å². The molecule has 0 aliphatic heterocycles. The molecule has 4 aromatic rings. The predicted molar refractivity (Wildman–Crippen MR) is 133 cm³/mol. The van der Waals surface area contributed by atoms with Crippen molar-refractivity contribution in [2.24, 2.45) is 0 Å². The molecule has 0 saturated heterocycles. The normalized spacial score (nSPS) is 11.3. The molecule has 0 unspecified atom stereocenters. The summed E-state index contributed by atoms with van der Waals surface area (Å²) in [7, 11) is 0. The summed E-state index contributed by atoms with van der Waals surface area (Å²) < 4.78 is 2.04. The van der Waals surface area contributed by atoms with Crippen molar-refractivity contribution < 1.29 is 15.0 Å². The van der Waals surface area contributed by atoms with Crippen LogP contribution in [0.4, 0.5) is 5.82 Å². The van der Waals surface area contributed by atoms with Crippen LogP contribution in [-0.2, 0) is 24.3 Å². The van der Waals surface area contributed by atoms with Gasteiger partial charge < -0.3 is 25.8 Å². The minimum atomic E-state index is -0.0954. The van der Waals surface area contributed by atoms with Gasteiger partial charge in [-0.3, -0.25) is 4.79 Å². The number of amides is 1. The molecule has 0 radical (unpaired) electrons. The monoisotopic (exact) mass is 511 g/mol. The highest BCUT2D eigenvalue weighted by atomic mass is 79.9. The van der Waals surface area contributed by atoms with Gasteiger partial charge in [0.25, 0.3) is 0 Å². The van der Waals surface area contributed by atoms with Gasteiger partial charge in [-0.1, -0.05) is 35.3 Å². The van der Waals surface area contributed by atoms with Gasteiger partial charge >= 0.3 is 0 Å². The van der Waals surface area contributed by atoms with Gasteiger partial charge in [-0.15, -0.1) is 0 Å². The van der Waals surface area contributed by atoms with E-state index in [0.29, 0.717) is 30.0 Å². The van der Waals surface area contributed by atoms with Gasteiger partial charge in [0.2, 0.25) is 5.91 Å². The molecule has 0 aliphatic rings. The Kier molecular flexibility index (Phi) is 6.69. The zero-order chi connectivity index (χ0) is 23.5. The van der Waals surface area contributed by atoms with Crippen molar-refractivity contribution >= 4 is 49.6 Å². The number of anilines is 1. The smallest absolute Gasteiger partial charge is 0.230 e. The number of hydrogen-bond acceptors (Lipinski definition) is 6.